The fourth-order valence-corrected chi connectivity index (χ4v) is 4.24. The Kier molecular flexibility index (Phi) is 7.45. The van der Waals surface area contributed by atoms with Crippen molar-refractivity contribution in [2.75, 3.05) is 6.54 Å². The van der Waals surface area contributed by atoms with Crippen LogP contribution in [0.5, 0.6) is 0 Å². The summed E-state index contributed by atoms with van der Waals surface area (Å²) in [5, 5.41) is 17.1. The largest absolute Gasteiger partial charge is 0.391 e. The first-order valence-corrected chi connectivity index (χ1v) is 10.9. The highest BCUT2D eigenvalue weighted by Crippen LogP contribution is 2.31. The van der Waals surface area contributed by atoms with Crippen LogP contribution < -0.4 is 5.32 Å². The summed E-state index contributed by atoms with van der Waals surface area (Å²) in [6, 6.07) is 9.63. The highest BCUT2D eigenvalue weighted by atomic mass is 16.5. The molecule has 0 aliphatic carbocycles. The first-order chi connectivity index (χ1) is 15.2. The van der Waals surface area contributed by atoms with Crippen molar-refractivity contribution in [2.24, 2.45) is 5.92 Å². The van der Waals surface area contributed by atoms with Crippen LogP contribution in [0.2, 0.25) is 0 Å². The van der Waals surface area contributed by atoms with Crippen molar-refractivity contribution in [1.29, 1.82) is 0 Å². The molecule has 1 aliphatic heterocycles. The fourth-order valence-electron chi connectivity index (χ4n) is 4.24. The van der Waals surface area contributed by atoms with Crippen LogP contribution in [0.25, 0.3) is 0 Å². The minimum atomic E-state index is -0.832. The van der Waals surface area contributed by atoms with Gasteiger partial charge in [0, 0.05) is 25.5 Å². The standard InChI is InChI=1S/C24H31N3O5/c1-14(2)22(21-10-15(3)26-32-21)24(31)27-13-18(29)12-20(27)23(30)25-19(11-16(4)28)17-8-6-5-7-9-17/h5-10,14,18-20,22,29H,11-13H2,1-4H3,(H,25,30)/t18-,19?,20?,22?/m1/s1. The van der Waals surface area contributed by atoms with Crippen molar-refractivity contribution in [3.63, 3.8) is 0 Å². The molecule has 0 spiro atoms. The van der Waals surface area contributed by atoms with Gasteiger partial charge >= 0.3 is 0 Å². The second-order valence-electron chi connectivity index (χ2n) is 8.87. The van der Waals surface area contributed by atoms with Gasteiger partial charge in [0.1, 0.15) is 23.5 Å². The Bertz CT molecular complexity index is 956. The van der Waals surface area contributed by atoms with Gasteiger partial charge in [0.2, 0.25) is 11.8 Å². The quantitative estimate of drug-likeness (QED) is 0.651. The van der Waals surface area contributed by atoms with E-state index in [1.54, 1.807) is 13.0 Å². The maximum absolute atomic E-state index is 13.5. The van der Waals surface area contributed by atoms with Crippen molar-refractivity contribution < 1.29 is 24.0 Å². The number of aliphatic hydroxyl groups is 1. The number of aryl methyl sites for hydroxylation is 1. The molecule has 2 N–H and O–H groups in total. The summed E-state index contributed by atoms with van der Waals surface area (Å²) in [4.78, 5) is 40.0. The van der Waals surface area contributed by atoms with Gasteiger partial charge in [0.25, 0.3) is 0 Å². The SMILES string of the molecule is CC(=O)CC(NC(=O)C1C[C@@H](O)CN1C(=O)C(c1cc(C)no1)C(C)C)c1ccccc1. The molecule has 2 heterocycles. The van der Waals surface area contributed by atoms with E-state index < -0.39 is 24.1 Å². The lowest BCUT2D eigenvalue weighted by atomic mass is 9.91. The zero-order valence-electron chi connectivity index (χ0n) is 18.9. The summed E-state index contributed by atoms with van der Waals surface area (Å²) in [7, 11) is 0. The van der Waals surface area contributed by atoms with E-state index in [4.69, 9.17) is 4.52 Å². The van der Waals surface area contributed by atoms with Crippen LogP contribution >= 0.6 is 0 Å². The summed E-state index contributed by atoms with van der Waals surface area (Å²) >= 11 is 0. The predicted molar refractivity (Wildman–Crippen MR) is 118 cm³/mol. The molecule has 1 aliphatic rings. The molecule has 172 valence electrons. The van der Waals surface area contributed by atoms with Crippen LogP contribution in [-0.2, 0) is 14.4 Å². The van der Waals surface area contributed by atoms with Crippen molar-refractivity contribution in [1.82, 2.24) is 15.4 Å². The molecule has 0 bridgehead atoms. The molecule has 0 saturated carbocycles. The molecule has 2 amide bonds. The third kappa shape index (κ3) is 5.43. The Morgan fingerprint density at radius 2 is 1.94 bits per heavy atom. The number of carbonyl (C=O) groups is 3. The number of likely N-dealkylation sites (tertiary alicyclic amines) is 1. The van der Waals surface area contributed by atoms with Crippen molar-refractivity contribution in [2.45, 2.75) is 64.6 Å². The van der Waals surface area contributed by atoms with Gasteiger partial charge in [-0.2, -0.15) is 0 Å². The molecule has 1 fully saturated rings. The number of rotatable bonds is 8. The van der Waals surface area contributed by atoms with E-state index in [1.165, 1.54) is 11.8 Å². The minimum Gasteiger partial charge on any atom is -0.391 e. The third-order valence-corrected chi connectivity index (χ3v) is 5.76. The van der Waals surface area contributed by atoms with Crippen LogP contribution in [0, 0.1) is 12.8 Å². The van der Waals surface area contributed by atoms with Gasteiger partial charge in [-0.15, -0.1) is 0 Å². The molecular weight excluding hydrogens is 410 g/mol. The zero-order chi connectivity index (χ0) is 23.4. The molecule has 1 saturated heterocycles. The number of hydrogen-bond acceptors (Lipinski definition) is 6. The number of nitrogens with one attached hydrogen (secondary N) is 1. The fraction of sp³-hybridized carbons (Fsp3) is 0.500. The topological polar surface area (TPSA) is 113 Å². The first-order valence-electron chi connectivity index (χ1n) is 10.9. The Labute approximate surface area is 188 Å². The number of ketones is 1. The summed E-state index contributed by atoms with van der Waals surface area (Å²) in [6.45, 7) is 7.13. The summed E-state index contributed by atoms with van der Waals surface area (Å²) < 4.78 is 5.36. The smallest absolute Gasteiger partial charge is 0.243 e. The van der Waals surface area contributed by atoms with Gasteiger partial charge in [0.15, 0.2) is 0 Å². The van der Waals surface area contributed by atoms with E-state index in [0.29, 0.717) is 11.5 Å². The maximum Gasteiger partial charge on any atom is 0.243 e. The second-order valence-corrected chi connectivity index (χ2v) is 8.87. The highest BCUT2D eigenvalue weighted by molar-refractivity contribution is 5.91. The Hall–Kier alpha value is -3.00. The van der Waals surface area contributed by atoms with E-state index in [0.717, 1.165) is 5.56 Å². The van der Waals surface area contributed by atoms with Gasteiger partial charge in [-0.25, -0.2) is 0 Å². The molecule has 8 heteroatoms. The van der Waals surface area contributed by atoms with Gasteiger partial charge < -0.3 is 19.8 Å². The second kappa shape index (κ2) is 10.1. The normalized spacial score (nSPS) is 20.2. The lowest BCUT2D eigenvalue weighted by Crippen LogP contribution is -2.49. The van der Waals surface area contributed by atoms with Gasteiger partial charge in [0.05, 0.1) is 17.8 Å². The predicted octanol–water partition coefficient (Wildman–Crippen LogP) is 2.52. The zero-order valence-corrected chi connectivity index (χ0v) is 18.9. The lowest BCUT2D eigenvalue weighted by molar-refractivity contribution is -0.141. The molecule has 2 aromatic rings. The maximum atomic E-state index is 13.5. The van der Waals surface area contributed by atoms with E-state index >= 15 is 0 Å². The molecule has 0 radical (unpaired) electrons. The number of benzene rings is 1. The van der Waals surface area contributed by atoms with E-state index in [9.17, 15) is 19.5 Å². The number of Topliss-reactive ketones (excluding diaryl/α,β-unsaturated/α-hetero) is 1. The van der Waals surface area contributed by atoms with E-state index in [1.807, 2.05) is 44.2 Å². The number of amides is 2. The highest BCUT2D eigenvalue weighted by Gasteiger charge is 2.43. The van der Waals surface area contributed by atoms with Gasteiger partial charge in [-0.3, -0.25) is 14.4 Å². The van der Waals surface area contributed by atoms with E-state index in [-0.39, 0.29) is 42.9 Å². The molecule has 3 rings (SSSR count). The Morgan fingerprint density at radius 3 is 2.50 bits per heavy atom. The van der Waals surface area contributed by atoms with E-state index in [2.05, 4.69) is 10.5 Å². The minimum absolute atomic E-state index is 0.0564. The van der Waals surface area contributed by atoms with Gasteiger partial charge in [-0.1, -0.05) is 49.3 Å². The lowest BCUT2D eigenvalue weighted by Gasteiger charge is -2.30. The molecule has 3 unspecified atom stereocenters. The van der Waals surface area contributed by atoms with Crippen LogP contribution in [0.1, 0.15) is 62.6 Å². The molecule has 8 nitrogen and oxygen atoms in total. The number of aromatic nitrogens is 1. The average molecular weight is 442 g/mol. The Morgan fingerprint density at radius 1 is 1.25 bits per heavy atom. The molecule has 32 heavy (non-hydrogen) atoms. The van der Waals surface area contributed by atoms with Crippen LogP contribution in [0.15, 0.2) is 40.9 Å². The monoisotopic (exact) mass is 441 g/mol. The first kappa shape index (κ1) is 23.7. The van der Waals surface area contributed by atoms with Crippen LogP contribution in [-0.4, -0.2) is 51.5 Å². The Balaban J connectivity index is 1.82. The number of aliphatic hydroxyl groups excluding tert-OH is 1. The van der Waals surface area contributed by atoms with Crippen LogP contribution in [0.4, 0.5) is 0 Å². The summed E-state index contributed by atoms with van der Waals surface area (Å²) in [5.41, 5.74) is 1.48. The molecular formula is C24H31N3O5. The number of nitrogens with zero attached hydrogens (tertiary/aromatic N) is 2. The average Bonchev–Trinajstić information content (AvgIpc) is 3.33. The van der Waals surface area contributed by atoms with Crippen molar-refractivity contribution in [3.05, 3.63) is 53.4 Å². The molecule has 1 aromatic carbocycles. The summed E-state index contributed by atoms with van der Waals surface area (Å²) in [6.07, 6.45) is -0.522. The number of hydrogen-bond donors (Lipinski definition) is 2. The molecule has 4 atom stereocenters. The van der Waals surface area contributed by atoms with Gasteiger partial charge in [-0.05, 0) is 25.3 Å². The number of β-amino-alcohol motifs (C(OH)–C–C–N with tert-alkyl or cyclic N) is 1. The molecule has 1 aromatic heterocycles. The van der Waals surface area contributed by atoms with Crippen molar-refractivity contribution >= 4 is 17.6 Å². The summed E-state index contributed by atoms with van der Waals surface area (Å²) in [5.74, 6) is -0.983. The third-order valence-electron chi connectivity index (χ3n) is 5.76. The van der Waals surface area contributed by atoms with Crippen LogP contribution in [0.3, 0.4) is 0 Å². The van der Waals surface area contributed by atoms with Crippen molar-refractivity contribution in [3.8, 4) is 0 Å². The number of carbonyl (C=O) groups excluding carboxylic acids is 3.